The predicted octanol–water partition coefficient (Wildman–Crippen LogP) is 2.87. The zero-order valence-corrected chi connectivity index (χ0v) is 11.9. The summed E-state index contributed by atoms with van der Waals surface area (Å²) < 4.78 is 10.9. The maximum Gasteiger partial charge on any atom is 0.128 e. The largest absolute Gasteiger partial charge is 0.370 e. The zero-order valence-electron chi connectivity index (χ0n) is 11.0. The Balaban J connectivity index is 1.65. The molecule has 0 spiro atoms. The van der Waals surface area contributed by atoms with Gasteiger partial charge >= 0.3 is 0 Å². The van der Waals surface area contributed by atoms with E-state index in [9.17, 15) is 0 Å². The van der Waals surface area contributed by atoms with E-state index in [1.807, 2.05) is 0 Å². The number of ether oxygens (including phenoxy) is 1. The average Bonchev–Trinajstić information content (AvgIpc) is 3.10. The van der Waals surface area contributed by atoms with Gasteiger partial charge in [0.2, 0.25) is 0 Å². The second-order valence-electron chi connectivity index (χ2n) is 4.75. The van der Waals surface area contributed by atoms with Gasteiger partial charge in [0.25, 0.3) is 0 Å². The van der Waals surface area contributed by atoms with Gasteiger partial charge in [0.05, 0.1) is 12.3 Å². The summed E-state index contributed by atoms with van der Waals surface area (Å²) in [5, 5.41) is 6.14. The smallest absolute Gasteiger partial charge is 0.128 e. The van der Waals surface area contributed by atoms with Crippen molar-refractivity contribution in [2.75, 3.05) is 19.7 Å². The highest BCUT2D eigenvalue weighted by atomic mass is 32.1. The molecule has 0 saturated carbocycles. The molecule has 102 valence electrons. The van der Waals surface area contributed by atoms with Crippen molar-refractivity contribution in [1.29, 1.82) is 0 Å². The third-order valence-corrected chi connectivity index (χ3v) is 4.43. The zero-order chi connectivity index (χ0) is 13.1. The third-order valence-electron chi connectivity index (χ3n) is 3.47. The molecular formula is C14H18N2O2S. The number of rotatable bonds is 4. The normalized spacial score (nSPS) is 20.8. The van der Waals surface area contributed by atoms with Crippen molar-refractivity contribution in [2.24, 2.45) is 0 Å². The maximum absolute atomic E-state index is 5.86. The standard InChI is InChI=1S/C14H18N2O2S/c1-2-12-11(10-18-15-12)8-16-5-6-17-13(9-16)14-4-3-7-19-14/h3-4,7,10,13H,2,5-6,8-9H2,1H3. The van der Waals surface area contributed by atoms with Crippen LogP contribution in [-0.2, 0) is 17.7 Å². The van der Waals surface area contributed by atoms with Crippen LogP contribution in [0.2, 0.25) is 0 Å². The van der Waals surface area contributed by atoms with E-state index in [1.165, 1.54) is 10.4 Å². The van der Waals surface area contributed by atoms with E-state index < -0.39 is 0 Å². The molecule has 0 radical (unpaired) electrons. The molecule has 1 unspecified atom stereocenters. The Morgan fingerprint density at radius 3 is 3.26 bits per heavy atom. The third kappa shape index (κ3) is 2.88. The summed E-state index contributed by atoms with van der Waals surface area (Å²) in [5.74, 6) is 0. The fourth-order valence-electron chi connectivity index (χ4n) is 2.43. The van der Waals surface area contributed by atoms with Crippen LogP contribution >= 0.6 is 11.3 Å². The molecule has 1 saturated heterocycles. The highest BCUT2D eigenvalue weighted by Gasteiger charge is 2.23. The number of morpholine rings is 1. The van der Waals surface area contributed by atoms with Crippen LogP contribution in [0.15, 0.2) is 28.3 Å². The van der Waals surface area contributed by atoms with Gasteiger partial charge in [-0.3, -0.25) is 4.90 Å². The SMILES string of the molecule is CCc1nocc1CN1CCOC(c2cccs2)C1. The lowest BCUT2D eigenvalue weighted by atomic mass is 10.1. The summed E-state index contributed by atoms with van der Waals surface area (Å²) in [6.07, 6.45) is 2.90. The molecule has 2 aromatic rings. The minimum absolute atomic E-state index is 0.207. The van der Waals surface area contributed by atoms with E-state index in [4.69, 9.17) is 9.26 Å². The number of aromatic nitrogens is 1. The van der Waals surface area contributed by atoms with E-state index in [2.05, 4.69) is 34.5 Å². The summed E-state index contributed by atoms with van der Waals surface area (Å²) in [5.41, 5.74) is 2.27. The van der Waals surface area contributed by atoms with Crippen LogP contribution in [0.25, 0.3) is 0 Å². The molecule has 19 heavy (non-hydrogen) atoms. The van der Waals surface area contributed by atoms with Gasteiger partial charge in [-0.15, -0.1) is 11.3 Å². The summed E-state index contributed by atoms with van der Waals surface area (Å²) >= 11 is 1.76. The van der Waals surface area contributed by atoms with Crippen LogP contribution < -0.4 is 0 Å². The number of aryl methyl sites for hydroxylation is 1. The molecule has 1 atom stereocenters. The van der Waals surface area contributed by atoms with Crippen molar-refractivity contribution < 1.29 is 9.26 Å². The molecule has 1 aliphatic rings. The van der Waals surface area contributed by atoms with Crippen LogP contribution in [0.1, 0.15) is 29.2 Å². The molecule has 1 fully saturated rings. The first-order valence-corrected chi connectivity index (χ1v) is 7.54. The Bertz CT molecular complexity index is 509. The van der Waals surface area contributed by atoms with Crippen LogP contribution in [0, 0.1) is 0 Å². The van der Waals surface area contributed by atoms with E-state index in [0.29, 0.717) is 0 Å². The van der Waals surface area contributed by atoms with Crippen molar-refractivity contribution in [3.8, 4) is 0 Å². The summed E-state index contributed by atoms with van der Waals surface area (Å²) in [6.45, 7) is 5.70. The number of thiophene rings is 1. The van der Waals surface area contributed by atoms with Crippen LogP contribution in [0.5, 0.6) is 0 Å². The second-order valence-corrected chi connectivity index (χ2v) is 5.73. The van der Waals surface area contributed by atoms with E-state index in [-0.39, 0.29) is 6.10 Å². The molecule has 0 N–H and O–H groups in total. The van der Waals surface area contributed by atoms with Gasteiger partial charge in [-0.25, -0.2) is 0 Å². The number of nitrogens with zero attached hydrogens (tertiary/aromatic N) is 2. The summed E-state index contributed by atoms with van der Waals surface area (Å²) in [4.78, 5) is 3.73. The maximum atomic E-state index is 5.86. The molecule has 0 aromatic carbocycles. The molecule has 3 heterocycles. The molecule has 4 nitrogen and oxygen atoms in total. The molecule has 5 heteroatoms. The van der Waals surface area contributed by atoms with Crippen LogP contribution in [0.4, 0.5) is 0 Å². The van der Waals surface area contributed by atoms with Crippen LogP contribution in [0.3, 0.4) is 0 Å². The lowest BCUT2D eigenvalue weighted by Crippen LogP contribution is -2.37. The quantitative estimate of drug-likeness (QED) is 0.862. The Hall–Kier alpha value is -1.17. The minimum atomic E-state index is 0.207. The Kier molecular flexibility index (Phi) is 3.96. The van der Waals surface area contributed by atoms with Crippen LogP contribution in [-0.4, -0.2) is 29.8 Å². The number of hydrogen-bond donors (Lipinski definition) is 0. The Labute approximate surface area is 117 Å². The lowest BCUT2D eigenvalue weighted by molar-refractivity contribution is -0.0312. The van der Waals surface area contributed by atoms with Gasteiger partial charge in [0.1, 0.15) is 12.4 Å². The van der Waals surface area contributed by atoms with Gasteiger partial charge in [-0.05, 0) is 17.9 Å². The first-order valence-electron chi connectivity index (χ1n) is 6.66. The highest BCUT2D eigenvalue weighted by molar-refractivity contribution is 7.10. The van der Waals surface area contributed by atoms with Gasteiger partial charge in [-0.1, -0.05) is 18.1 Å². The molecule has 3 rings (SSSR count). The van der Waals surface area contributed by atoms with Crippen molar-refractivity contribution in [1.82, 2.24) is 10.1 Å². The molecule has 0 bridgehead atoms. The summed E-state index contributed by atoms with van der Waals surface area (Å²) in [6, 6.07) is 4.23. The van der Waals surface area contributed by atoms with Gasteiger partial charge in [0, 0.05) is 30.1 Å². The predicted molar refractivity (Wildman–Crippen MR) is 74.2 cm³/mol. The molecule has 2 aromatic heterocycles. The van der Waals surface area contributed by atoms with Crippen molar-refractivity contribution in [2.45, 2.75) is 26.0 Å². The van der Waals surface area contributed by atoms with Crippen molar-refractivity contribution in [3.63, 3.8) is 0 Å². The van der Waals surface area contributed by atoms with Gasteiger partial charge in [0.15, 0.2) is 0 Å². The van der Waals surface area contributed by atoms with Crippen molar-refractivity contribution in [3.05, 3.63) is 39.9 Å². The minimum Gasteiger partial charge on any atom is -0.370 e. The van der Waals surface area contributed by atoms with Gasteiger partial charge in [-0.2, -0.15) is 0 Å². The van der Waals surface area contributed by atoms with Gasteiger partial charge < -0.3 is 9.26 Å². The Morgan fingerprint density at radius 1 is 1.53 bits per heavy atom. The molecule has 1 aliphatic heterocycles. The monoisotopic (exact) mass is 278 g/mol. The van der Waals surface area contributed by atoms with Crippen molar-refractivity contribution >= 4 is 11.3 Å². The highest BCUT2D eigenvalue weighted by Crippen LogP contribution is 2.27. The molecule has 0 aliphatic carbocycles. The fraction of sp³-hybridized carbons (Fsp3) is 0.500. The van der Waals surface area contributed by atoms with E-state index >= 15 is 0 Å². The average molecular weight is 278 g/mol. The summed E-state index contributed by atoms with van der Waals surface area (Å²) in [7, 11) is 0. The molecule has 0 amide bonds. The first-order chi connectivity index (χ1) is 9.36. The van der Waals surface area contributed by atoms with E-state index in [0.717, 1.165) is 38.4 Å². The fourth-order valence-corrected chi connectivity index (χ4v) is 3.20. The number of hydrogen-bond acceptors (Lipinski definition) is 5. The molecular weight excluding hydrogens is 260 g/mol. The first kappa shape index (κ1) is 12.8. The topological polar surface area (TPSA) is 38.5 Å². The second kappa shape index (κ2) is 5.86. The van der Waals surface area contributed by atoms with E-state index in [1.54, 1.807) is 17.6 Å². The lowest BCUT2D eigenvalue weighted by Gasteiger charge is -2.32. The Morgan fingerprint density at radius 2 is 2.47 bits per heavy atom.